The highest BCUT2D eigenvalue weighted by Gasteiger charge is 2.68. The maximum absolute atomic E-state index is 12.8. The van der Waals surface area contributed by atoms with Crippen LogP contribution < -0.4 is 0 Å². The maximum Gasteiger partial charge on any atom is 0.339 e. The minimum Gasteiger partial charge on any atom is -0.479 e. The third-order valence-corrected chi connectivity index (χ3v) is 4.08. The summed E-state index contributed by atoms with van der Waals surface area (Å²) in [6, 6.07) is 5.86. The molecule has 9 heteroatoms. The molecule has 0 spiro atoms. The summed E-state index contributed by atoms with van der Waals surface area (Å²) in [6.45, 7) is 2.96. The number of aliphatic carboxylic acids is 1. The van der Waals surface area contributed by atoms with Gasteiger partial charge >= 0.3 is 5.97 Å². The maximum atomic E-state index is 12.8. The van der Waals surface area contributed by atoms with Crippen molar-refractivity contribution in [2.45, 2.75) is 32.4 Å². The Labute approximate surface area is 132 Å². The molecule has 0 saturated heterocycles. The predicted octanol–water partition coefficient (Wildman–Crippen LogP) is 1.31. The quantitative estimate of drug-likeness (QED) is 0.736. The van der Waals surface area contributed by atoms with E-state index in [0.717, 1.165) is 0 Å². The normalized spacial score (nSPS) is 16.1. The van der Waals surface area contributed by atoms with E-state index in [1.165, 1.54) is 19.1 Å². The van der Waals surface area contributed by atoms with Crippen LogP contribution in [0.25, 0.3) is 0 Å². The lowest BCUT2D eigenvalue weighted by Crippen LogP contribution is -2.51. The second-order valence-corrected chi connectivity index (χ2v) is 5.01. The first-order valence-corrected chi connectivity index (χ1v) is 6.68. The number of carboxylic acids is 1. The number of Topliss-reactive ketones (excluding diaryl/α,β-unsaturated/α-hetero) is 1. The summed E-state index contributed by atoms with van der Waals surface area (Å²) in [6.07, 6.45) is -0.132. The highest BCUT2D eigenvalue weighted by atomic mass is 16.4. The highest BCUT2D eigenvalue weighted by Crippen LogP contribution is 2.51. The highest BCUT2D eigenvalue weighted by molar-refractivity contribution is 5.99. The number of nitrogens with zero attached hydrogens (tertiary/aromatic N) is 6. The van der Waals surface area contributed by atoms with E-state index >= 15 is 0 Å². The van der Waals surface area contributed by atoms with Gasteiger partial charge in [0.25, 0.3) is 0 Å². The summed E-state index contributed by atoms with van der Waals surface area (Å²) in [5.41, 5.74) is -6.62. The number of ketones is 1. The molecule has 1 aliphatic rings. The van der Waals surface area contributed by atoms with Crippen molar-refractivity contribution in [1.29, 1.82) is 21.0 Å². The summed E-state index contributed by atoms with van der Waals surface area (Å²) >= 11 is 0. The summed E-state index contributed by atoms with van der Waals surface area (Å²) in [5.74, 6) is -4.59. The van der Waals surface area contributed by atoms with Gasteiger partial charge < -0.3 is 5.11 Å². The van der Waals surface area contributed by atoms with Gasteiger partial charge in [0.2, 0.25) is 16.5 Å². The monoisotopic (exact) mass is 312 g/mol. The number of carbonyl (C=O) groups excluding carboxylic acids is 1. The Morgan fingerprint density at radius 3 is 1.78 bits per heavy atom. The fraction of sp³-hybridized carbons (Fsp3) is 0.571. The lowest BCUT2D eigenvalue weighted by Gasteiger charge is -2.30. The first-order chi connectivity index (χ1) is 10.8. The summed E-state index contributed by atoms with van der Waals surface area (Å²) < 4.78 is 0. The van der Waals surface area contributed by atoms with Crippen molar-refractivity contribution in [2.75, 3.05) is 0 Å². The van der Waals surface area contributed by atoms with Crippen molar-refractivity contribution in [2.24, 2.45) is 27.0 Å². The average Bonchev–Trinajstić information content (AvgIpc) is 3.35. The van der Waals surface area contributed by atoms with Crippen LogP contribution >= 0.6 is 0 Å². The molecule has 0 amide bonds. The number of rotatable bonds is 7. The van der Waals surface area contributed by atoms with Crippen LogP contribution in [0, 0.1) is 62.1 Å². The van der Waals surface area contributed by atoms with E-state index in [4.69, 9.17) is 10.5 Å². The lowest BCUT2D eigenvalue weighted by molar-refractivity contribution is -0.150. The van der Waals surface area contributed by atoms with Crippen molar-refractivity contribution >= 4 is 11.8 Å². The van der Waals surface area contributed by atoms with E-state index in [9.17, 15) is 25.2 Å². The van der Waals surface area contributed by atoms with Crippen LogP contribution in [0.1, 0.15) is 26.7 Å². The molecule has 0 fully saturated rings. The van der Waals surface area contributed by atoms with Gasteiger partial charge in [-0.2, -0.15) is 31.3 Å². The third-order valence-electron chi connectivity index (χ3n) is 4.08. The molecule has 1 rings (SSSR count). The Hall–Kier alpha value is -3.30. The standard InChI is InChI=1S/C14H12N6O3/c1-3-9(12(5-15,6-16)11(22)23)10(21)13(7-17,8-18)14(4-2)19-20-14/h9H,3-4H2,1-2H3,(H,22,23). The molecule has 0 saturated carbocycles. The second-order valence-electron chi connectivity index (χ2n) is 5.01. The molecule has 0 aromatic carbocycles. The number of hydrogen-bond donors (Lipinski definition) is 1. The van der Waals surface area contributed by atoms with Crippen molar-refractivity contribution in [3.63, 3.8) is 0 Å². The van der Waals surface area contributed by atoms with E-state index in [1.54, 1.807) is 19.1 Å². The van der Waals surface area contributed by atoms with Crippen molar-refractivity contribution in [3.05, 3.63) is 0 Å². The molecule has 0 aromatic heterocycles. The van der Waals surface area contributed by atoms with Crippen LogP contribution in [0.5, 0.6) is 0 Å². The Morgan fingerprint density at radius 2 is 1.57 bits per heavy atom. The number of nitriles is 4. The largest absolute Gasteiger partial charge is 0.479 e. The smallest absolute Gasteiger partial charge is 0.339 e. The second kappa shape index (κ2) is 5.83. The topological polar surface area (TPSA) is 174 Å². The van der Waals surface area contributed by atoms with Gasteiger partial charge in [-0.25, -0.2) is 4.79 Å². The number of carboxylic acid groups (broad SMARTS) is 1. The van der Waals surface area contributed by atoms with Crippen LogP contribution in [0.3, 0.4) is 0 Å². The van der Waals surface area contributed by atoms with Crippen LogP contribution in [0.4, 0.5) is 0 Å². The lowest BCUT2D eigenvalue weighted by atomic mass is 9.63. The summed E-state index contributed by atoms with van der Waals surface area (Å²) in [5, 5.41) is 53.7. The molecule has 0 aromatic rings. The zero-order valence-electron chi connectivity index (χ0n) is 12.4. The molecular formula is C14H12N6O3. The minimum atomic E-state index is -2.69. The van der Waals surface area contributed by atoms with Crippen LogP contribution in [0.15, 0.2) is 10.2 Å². The number of carbonyl (C=O) groups is 2. The zero-order chi connectivity index (χ0) is 17.9. The molecule has 1 heterocycles. The van der Waals surface area contributed by atoms with Gasteiger partial charge in [-0.15, -0.1) is 0 Å². The third kappa shape index (κ3) is 2.11. The van der Waals surface area contributed by atoms with Crippen molar-refractivity contribution < 1.29 is 14.7 Å². The molecular weight excluding hydrogens is 300 g/mol. The molecule has 0 aliphatic carbocycles. The first kappa shape index (κ1) is 17.8. The van der Waals surface area contributed by atoms with Gasteiger partial charge in [-0.05, 0) is 12.8 Å². The van der Waals surface area contributed by atoms with Gasteiger partial charge in [0, 0.05) is 0 Å². The van der Waals surface area contributed by atoms with Gasteiger partial charge in [0.05, 0.1) is 30.2 Å². The Morgan fingerprint density at radius 1 is 1.09 bits per heavy atom. The number of hydrogen-bond acceptors (Lipinski definition) is 8. The molecule has 23 heavy (non-hydrogen) atoms. The molecule has 1 atom stereocenters. The van der Waals surface area contributed by atoms with Gasteiger partial charge in [-0.3, -0.25) is 4.79 Å². The Balaban J connectivity index is 3.54. The van der Waals surface area contributed by atoms with E-state index in [0.29, 0.717) is 0 Å². The first-order valence-electron chi connectivity index (χ1n) is 6.68. The molecule has 0 bridgehead atoms. The molecule has 1 N–H and O–H groups in total. The van der Waals surface area contributed by atoms with E-state index < -0.39 is 34.2 Å². The summed E-state index contributed by atoms with van der Waals surface area (Å²) in [4.78, 5) is 24.3. The molecule has 1 unspecified atom stereocenters. The van der Waals surface area contributed by atoms with Crippen LogP contribution in [0.2, 0.25) is 0 Å². The molecule has 1 aliphatic heterocycles. The van der Waals surface area contributed by atoms with Crippen LogP contribution in [-0.2, 0) is 9.59 Å². The van der Waals surface area contributed by atoms with Crippen LogP contribution in [-0.4, -0.2) is 22.5 Å². The van der Waals surface area contributed by atoms with Gasteiger partial charge in [0.1, 0.15) is 0 Å². The van der Waals surface area contributed by atoms with E-state index in [-0.39, 0.29) is 12.8 Å². The Kier molecular flexibility index (Phi) is 4.50. The summed E-state index contributed by atoms with van der Waals surface area (Å²) in [7, 11) is 0. The molecule has 116 valence electrons. The Bertz CT molecular complexity index is 708. The van der Waals surface area contributed by atoms with E-state index in [1.807, 2.05) is 0 Å². The van der Waals surface area contributed by atoms with E-state index in [2.05, 4.69) is 10.2 Å². The fourth-order valence-corrected chi connectivity index (χ4v) is 2.50. The fourth-order valence-electron chi connectivity index (χ4n) is 2.50. The van der Waals surface area contributed by atoms with Gasteiger partial charge in [0.15, 0.2) is 5.78 Å². The van der Waals surface area contributed by atoms with Crippen molar-refractivity contribution in [3.8, 4) is 24.3 Å². The van der Waals surface area contributed by atoms with Gasteiger partial charge in [-0.1, -0.05) is 13.8 Å². The molecule has 9 nitrogen and oxygen atoms in total. The molecule has 0 radical (unpaired) electrons. The minimum absolute atomic E-state index is 0.0788. The SMILES string of the molecule is CCC(C(=O)C(C#N)(C#N)C1(CC)N=N1)C(C#N)(C#N)C(=O)O. The average molecular weight is 312 g/mol. The zero-order valence-corrected chi connectivity index (χ0v) is 12.4. The predicted molar refractivity (Wildman–Crippen MR) is 71.6 cm³/mol. The van der Waals surface area contributed by atoms with Crippen molar-refractivity contribution in [1.82, 2.24) is 0 Å².